The van der Waals surface area contributed by atoms with Crippen molar-refractivity contribution >= 4 is 0 Å². The Labute approximate surface area is 103 Å². The van der Waals surface area contributed by atoms with Gasteiger partial charge in [0, 0.05) is 0 Å². The monoisotopic (exact) mass is 306 g/mol. The first-order chi connectivity index (χ1) is 7.94. The van der Waals surface area contributed by atoms with Crippen LogP contribution in [0.5, 0.6) is 0 Å². The van der Waals surface area contributed by atoms with Gasteiger partial charge in [0.15, 0.2) is 6.17 Å². The van der Waals surface area contributed by atoms with E-state index >= 15 is 0 Å². The van der Waals surface area contributed by atoms with Gasteiger partial charge in [-0.15, -0.1) is 8.78 Å². The molecule has 0 spiro atoms. The summed E-state index contributed by atoms with van der Waals surface area (Å²) in [5, 5.41) is 0. The highest BCUT2D eigenvalue weighted by atomic mass is 19.4. The molecule has 0 saturated carbocycles. The van der Waals surface area contributed by atoms with Crippen molar-refractivity contribution in [1.82, 2.24) is 0 Å². The van der Waals surface area contributed by atoms with E-state index in [1.165, 1.54) is 0 Å². The number of hydrogen-bond acceptors (Lipinski definition) is 0. The molecule has 0 aliphatic rings. The number of alkyl halides is 9. The second-order valence-electron chi connectivity index (χ2n) is 4.94. The molecule has 10 heteroatoms. The summed E-state index contributed by atoms with van der Waals surface area (Å²) in [5.74, 6) is -18.9. The Morgan fingerprint density at radius 1 is 0.737 bits per heavy atom. The van der Waals surface area contributed by atoms with Crippen LogP contribution in [0.2, 0.25) is 0 Å². The standard InChI is InChI=1S/C9H13F9N/c1-5(10)6(11,12)7(13,14)8(15,16)9(17,18)19(2,3)4/h5H,1-4H3/q+1. The van der Waals surface area contributed by atoms with Crippen LogP contribution < -0.4 is 0 Å². The maximum atomic E-state index is 13.3. The summed E-state index contributed by atoms with van der Waals surface area (Å²) in [5.41, 5.74) is 0. The second kappa shape index (κ2) is 4.42. The predicted molar refractivity (Wildman–Crippen MR) is 48.4 cm³/mol. The summed E-state index contributed by atoms with van der Waals surface area (Å²) < 4.78 is 115. The molecule has 0 bridgehead atoms. The molecule has 0 aromatic carbocycles. The first-order valence-electron chi connectivity index (χ1n) is 4.91. The van der Waals surface area contributed by atoms with Gasteiger partial charge in [0.1, 0.15) is 0 Å². The van der Waals surface area contributed by atoms with E-state index in [-0.39, 0.29) is 6.92 Å². The fourth-order valence-electron chi connectivity index (χ4n) is 1.07. The molecule has 0 aromatic rings. The Kier molecular flexibility index (Phi) is 4.27. The van der Waals surface area contributed by atoms with Gasteiger partial charge >= 0.3 is 23.8 Å². The lowest BCUT2D eigenvalue weighted by Gasteiger charge is -2.41. The molecule has 0 heterocycles. The van der Waals surface area contributed by atoms with Crippen molar-refractivity contribution in [3.8, 4) is 0 Å². The molecular weight excluding hydrogens is 293 g/mol. The zero-order valence-corrected chi connectivity index (χ0v) is 10.4. The minimum atomic E-state index is -6.55. The average Bonchev–Trinajstić information content (AvgIpc) is 2.14. The smallest absolute Gasteiger partial charge is 0.265 e. The molecule has 0 saturated heterocycles. The van der Waals surface area contributed by atoms with Crippen molar-refractivity contribution in [2.45, 2.75) is 36.9 Å². The lowest BCUT2D eigenvalue weighted by Crippen LogP contribution is -2.71. The van der Waals surface area contributed by atoms with Crippen molar-refractivity contribution < 1.29 is 44.0 Å². The third kappa shape index (κ3) is 2.38. The van der Waals surface area contributed by atoms with Gasteiger partial charge < -0.3 is 0 Å². The number of halogens is 9. The second-order valence-corrected chi connectivity index (χ2v) is 4.94. The number of hydrogen-bond donors (Lipinski definition) is 0. The highest BCUT2D eigenvalue weighted by Crippen LogP contribution is 2.55. The van der Waals surface area contributed by atoms with Gasteiger partial charge in [-0.1, -0.05) is 0 Å². The van der Waals surface area contributed by atoms with E-state index < -0.39 is 34.5 Å². The summed E-state index contributed by atoms with van der Waals surface area (Å²) in [7, 11) is 1.25. The largest absolute Gasteiger partial charge is 0.461 e. The Morgan fingerprint density at radius 2 is 1.05 bits per heavy atom. The Bertz CT molecular complexity index is 329. The molecule has 0 fully saturated rings. The first-order valence-corrected chi connectivity index (χ1v) is 4.91. The Hall–Kier alpha value is -0.670. The molecule has 0 aromatic heterocycles. The van der Waals surface area contributed by atoms with Crippen LogP contribution in [0.25, 0.3) is 0 Å². The van der Waals surface area contributed by atoms with Crippen LogP contribution in [-0.4, -0.2) is 55.6 Å². The molecule has 116 valence electrons. The zero-order chi connectivity index (χ0) is 16.1. The fourth-order valence-corrected chi connectivity index (χ4v) is 1.07. The predicted octanol–water partition coefficient (Wildman–Crippen LogP) is 3.55. The Balaban J connectivity index is 5.92. The molecule has 0 rings (SSSR count). The summed E-state index contributed by atoms with van der Waals surface area (Å²) in [6, 6.07) is -5.53. The van der Waals surface area contributed by atoms with Crippen molar-refractivity contribution in [3.05, 3.63) is 0 Å². The molecule has 0 aliphatic carbocycles. The summed E-state index contributed by atoms with van der Waals surface area (Å²) in [6.45, 7) is -0.117. The van der Waals surface area contributed by atoms with Crippen molar-refractivity contribution in [2.75, 3.05) is 21.1 Å². The first kappa shape index (κ1) is 18.3. The van der Waals surface area contributed by atoms with Gasteiger partial charge in [0.25, 0.3) is 0 Å². The van der Waals surface area contributed by atoms with Crippen LogP contribution in [0, 0.1) is 0 Å². The van der Waals surface area contributed by atoms with E-state index in [1.54, 1.807) is 0 Å². The molecule has 0 radical (unpaired) electrons. The highest BCUT2D eigenvalue weighted by molar-refractivity contribution is 5.02. The fraction of sp³-hybridized carbons (Fsp3) is 1.00. The molecule has 1 atom stereocenters. The van der Waals surface area contributed by atoms with E-state index in [4.69, 9.17) is 0 Å². The van der Waals surface area contributed by atoms with Crippen molar-refractivity contribution in [2.24, 2.45) is 0 Å². The van der Waals surface area contributed by atoms with Gasteiger partial charge in [-0.25, -0.2) is 4.39 Å². The zero-order valence-electron chi connectivity index (χ0n) is 10.4. The molecule has 0 N–H and O–H groups in total. The minimum absolute atomic E-state index is 0.117. The molecule has 1 unspecified atom stereocenters. The van der Waals surface area contributed by atoms with Crippen LogP contribution in [-0.2, 0) is 0 Å². The third-order valence-corrected chi connectivity index (χ3v) is 2.53. The molecule has 1 nitrogen and oxygen atoms in total. The summed E-state index contributed by atoms with van der Waals surface area (Å²) >= 11 is 0. The van der Waals surface area contributed by atoms with Gasteiger partial charge in [0.2, 0.25) is 0 Å². The SMILES string of the molecule is CC(F)C(F)(F)C(F)(F)C(F)(F)C(F)(F)[N+](C)(C)C. The molecule has 0 amide bonds. The van der Waals surface area contributed by atoms with Gasteiger partial charge in [0.05, 0.1) is 21.1 Å². The molecular formula is C9H13F9N+. The van der Waals surface area contributed by atoms with Gasteiger partial charge in [-0.2, -0.15) is 26.3 Å². The quantitative estimate of drug-likeness (QED) is 0.414. The highest BCUT2D eigenvalue weighted by Gasteiger charge is 2.86. The van der Waals surface area contributed by atoms with E-state index in [0.29, 0.717) is 21.1 Å². The van der Waals surface area contributed by atoms with E-state index in [0.717, 1.165) is 0 Å². The summed E-state index contributed by atoms with van der Waals surface area (Å²) in [6.07, 6.45) is -3.73. The van der Waals surface area contributed by atoms with Crippen LogP contribution in [0.15, 0.2) is 0 Å². The normalized spacial score (nSPS) is 17.5. The van der Waals surface area contributed by atoms with Crippen LogP contribution in [0.4, 0.5) is 39.5 Å². The van der Waals surface area contributed by atoms with E-state index in [9.17, 15) is 39.5 Å². The topological polar surface area (TPSA) is 0 Å². The van der Waals surface area contributed by atoms with Gasteiger partial charge in [-0.05, 0) is 6.92 Å². The van der Waals surface area contributed by atoms with Crippen molar-refractivity contribution in [3.63, 3.8) is 0 Å². The maximum Gasteiger partial charge on any atom is 0.461 e. The average molecular weight is 306 g/mol. The minimum Gasteiger partial charge on any atom is -0.265 e. The van der Waals surface area contributed by atoms with E-state index in [1.807, 2.05) is 0 Å². The lowest BCUT2D eigenvalue weighted by atomic mass is 9.98. The molecule has 19 heavy (non-hydrogen) atoms. The lowest BCUT2D eigenvalue weighted by molar-refractivity contribution is -0.975. The van der Waals surface area contributed by atoms with E-state index in [2.05, 4.69) is 0 Å². The number of rotatable bonds is 5. The van der Waals surface area contributed by atoms with Crippen LogP contribution >= 0.6 is 0 Å². The molecule has 0 aliphatic heterocycles. The third-order valence-electron chi connectivity index (χ3n) is 2.53. The van der Waals surface area contributed by atoms with Crippen LogP contribution in [0.1, 0.15) is 6.92 Å². The van der Waals surface area contributed by atoms with Crippen molar-refractivity contribution in [1.29, 1.82) is 0 Å². The number of nitrogens with zero attached hydrogens (tertiary/aromatic N) is 1. The van der Waals surface area contributed by atoms with Crippen LogP contribution in [0.3, 0.4) is 0 Å². The summed E-state index contributed by atoms with van der Waals surface area (Å²) in [4.78, 5) is 0. The number of quaternary nitrogens is 1. The maximum absolute atomic E-state index is 13.3. The Morgan fingerprint density at radius 3 is 1.26 bits per heavy atom. The van der Waals surface area contributed by atoms with Gasteiger partial charge in [-0.3, -0.25) is 4.48 Å².